The van der Waals surface area contributed by atoms with E-state index in [1.54, 1.807) is 12.1 Å². The molecule has 4 unspecified atom stereocenters. The van der Waals surface area contributed by atoms with Crippen LogP contribution in [0.25, 0.3) is 0 Å². The molecule has 0 bridgehead atoms. The van der Waals surface area contributed by atoms with E-state index >= 15 is 0 Å². The van der Waals surface area contributed by atoms with Gasteiger partial charge in [0.25, 0.3) is 0 Å². The van der Waals surface area contributed by atoms with Gasteiger partial charge in [0.1, 0.15) is 23.9 Å². The molecule has 6 amide bonds. The zero-order valence-corrected chi connectivity index (χ0v) is 23.6. The van der Waals surface area contributed by atoms with E-state index in [2.05, 4.69) is 21.3 Å². The van der Waals surface area contributed by atoms with Gasteiger partial charge < -0.3 is 42.7 Å². The van der Waals surface area contributed by atoms with Gasteiger partial charge in [0.2, 0.25) is 35.4 Å². The maximum atomic E-state index is 13.0. The number of nitrogens with one attached hydrogen (secondary N) is 4. The first-order chi connectivity index (χ1) is 19.3. The van der Waals surface area contributed by atoms with Crippen molar-refractivity contribution < 1.29 is 33.9 Å². The maximum absolute atomic E-state index is 13.0. The van der Waals surface area contributed by atoms with E-state index < -0.39 is 66.2 Å². The fraction of sp³-hybridized carbons (Fsp3) is 0.556. The number of primary amides is 1. The van der Waals surface area contributed by atoms with E-state index in [0.29, 0.717) is 25.8 Å². The maximum Gasteiger partial charge on any atom is 0.243 e. The fourth-order valence-electron chi connectivity index (χ4n) is 4.39. The molecule has 4 atom stereocenters. The Kier molecular flexibility index (Phi) is 12.5. The number of carbonyl (C=O) groups is 6. The van der Waals surface area contributed by atoms with E-state index in [1.807, 2.05) is 13.8 Å². The van der Waals surface area contributed by atoms with Crippen molar-refractivity contribution in [3.05, 3.63) is 29.8 Å². The van der Waals surface area contributed by atoms with Crippen molar-refractivity contribution in [3.8, 4) is 5.75 Å². The monoisotopic (exact) mass is 575 g/mol. The average Bonchev–Trinajstić information content (AvgIpc) is 3.41. The third-order valence-corrected chi connectivity index (χ3v) is 6.55. The number of likely N-dealkylation sites (tertiary alicyclic amines) is 1. The zero-order valence-electron chi connectivity index (χ0n) is 23.6. The SMILES string of the molecule is CC(C)CC(NC(=O)C1CCCN1C(=O)CNC(=O)C(C)NC(=O)C(N)Cc1ccc(O)cc1)C(=O)NCC(N)=O. The highest BCUT2D eigenvalue weighted by Gasteiger charge is 2.36. The van der Waals surface area contributed by atoms with Crippen molar-refractivity contribution >= 4 is 35.4 Å². The molecule has 1 aromatic rings. The normalized spacial score (nSPS) is 16.8. The van der Waals surface area contributed by atoms with Crippen LogP contribution in [0.1, 0.15) is 45.6 Å². The summed E-state index contributed by atoms with van der Waals surface area (Å²) < 4.78 is 0. The van der Waals surface area contributed by atoms with Crippen molar-refractivity contribution in [2.45, 2.75) is 70.6 Å². The third kappa shape index (κ3) is 10.7. The summed E-state index contributed by atoms with van der Waals surface area (Å²) in [7, 11) is 0. The lowest BCUT2D eigenvalue weighted by molar-refractivity contribution is -0.140. The molecule has 2 rings (SSSR count). The third-order valence-electron chi connectivity index (χ3n) is 6.55. The van der Waals surface area contributed by atoms with E-state index in [0.717, 1.165) is 5.56 Å². The Balaban J connectivity index is 1.88. The van der Waals surface area contributed by atoms with E-state index in [1.165, 1.54) is 24.0 Å². The molecule has 0 radical (unpaired) electrons. The zero-order chi connectivity index (χ0) is 30.7. The molecular formula is C27H41N7O7. The number of nitrogens with zero attached hydrogens (tertiary/aromatic N) is 1. The highest BCUT2D eigenvalue weighted by molar-refractivity contribution is 5.95. The van der Waals surface area contributed by atoms with E-state index in [-0.39, 0.29) is 24.6 Å². The molecule has 1 saturated heterocycles. The summed E-state index contributed by atoms with van der Waals surface area (Å²) in [4.78, 5) is 75.8. The number of hydrogen-bond donors (Lipinski definition) is 7. The Labute approximate surface area is 238 Å². The van der Waals surface area contributed by atoms with Gasteiger partial charge in [-0.3, -0.25) is 28.8 Å². The molecule has 14 nitrogen and oxygen atoms in total. The molecule has 0 aliphatic carbocycles. The first-order valence-electron chi connectivity index (χ1n) is 13.6. The van der Waals surface area contributed by atoms with Crippen LogP contribution in [0.2, 0.25) is 0 Å². The number of benzene rings is 1. The molecule has 226 valence electrons. The van der Waals surface area contributed by atoms with E-state index in [9.17, 15) is 33.9 Å². The summed E-state index contributed by atoms with van der Waals surface area (Å²) in [6.07, 6.45) is 1.46. The second-order valence-corrected chi connectivity index (χ2v) is 10.5. The molecule has 1 heterocycles. The van der Waals surface area contributed by atoms with Crippen LogP contribution >= 0.6 is 0 Å². The van der Waals surface area contributed by atoms with Crippen molar-refractivity contribution in [2.24, 2.45) is 17.4 Å². The molecule has 1 aliphatic rings. The standard InChI is InChI=1S/C27H41N7O7/c1-15(2)11-20(26(40)30-13-22(29)36)33-27(41)21-5-4-10-34(21)23(37)14-31-24(38)16(3)32-25(39)19(28)12-17-6-8-18(35)9-7-17/h6-9,15-16,19-21,35H,4-5,10-14,28H2,1-3H3,(H2,29,36)(H,30,40)(H,31,38)(H,32,39)(H,33,41). The number of nitrogens with two attached hydrogens (primary N) is 2. The molecule has 14 heteroatoms. The minimum Gasteiger partial charge on any atom is -0.508 e. The minimum atomic E-state index is -0.977. The summed E-state index contributed by atoms with van der Waals surface area (Å²) in [5.74, 6) is -3.28. The van der Waals surface area contributed by atoms with Crippen LogP contribution in [0.5, 0.6) is 5.75 Å². The largest absolute Gasteiger partial charge is 0.508 e. The molecule has 1 aromatic carbocycles. The van der Waals surface area contributed by atoms with Crippen LogP contribution in [0, 0.1) is 5.92 Å². The fourth-order valence-corrected chi connectivity index (χ4v) is 4.39. The number of phenols is 1. The number of rotatable bonds is 14. The van der Waals surface area contributed by atoms with Gasteiger partial charge in [0.15, 0.2) is 0 Å². The molecular weight excluding hydrogens is 534 g/mol. The Morgan fingerprint density at radius 1 is 0.951 bits per heavy atom. The predicted octanol–water partition coefficient (Wildman–Crippen LogP) is -1.99. The number of hydrogen-bond acceptors (Lipinski definition) is 8. The van der Waals surface area contributed by atoms with Crippen LogP contribution in [0.4, 0.5) is 0 Å². The molecule has 0 aromatic heterocycles. The lowest BCUT2D eigenvalue weighted by Gasteiger charge is -2.27. The lowest BCUT2D eigenvalue weighted by Crippen LogP contribution is -2.55. The van der Waals surface area contributed by atoms with Crippen LogP contribution in [0.15, 0.2) is 24.3 Å². The first kappa shape index (κ1) is 33.0. The Bertz CT molecular complexity index is 1110. The summed E-state index contributed by atoms with van der Waals surface area (Å²) >= 11 is 0. The highest BCUT2D eigenvalue weighted by atomic mass is 16.3. The second-order valence-electron chi connectivity index (χ2n) is 10.5. The molecule has 1 fully saturated rings. The number of carbonyl (C=O) groups excluding carboxylic acids is 6. The van der Waals surface area contributed by atoms with E-state index in [4.69, 9.17) is 11.5 Å². The van der Waals surface area contributed by atoms with Gasteiger partial charge in [-0.1, -0.05) is 26.0 Å². The minimum absolute atomic E-state index is 0.0565. The molecule has 0 spiro atoms. The van der Waals surface area contributed by atoms with Crippen molar-refractivity contribution in [1.82, 2.24) is 26.2 Å². The van der Waals surface area contributed by atoms with Crippen molar-refractivity contribution in [2.75, 3.05) is 19.6 Å². The van der Waals surface area contributed by atoms with Crippen LogP contribution in [0.3, 0.4) is 0 Å². The topological polar surface area (TPSA) is 226 Å². The quantitative estimate of drug-likeness (QED) is 0.131. The molecule has 0 saturated carbocycles. The van der Waals surface area contributed by atoms with Crippen molar-refractivity contribution in [3.63, 3.8) is 0 Å². The second kappa shape index (κ2) is 15.6. The van der Waals surface area contributed by atoms with Crippen molar-refractivity contribution in [1.29, 1.82) is 0 Å². The highest BCUT2D eigenvalue weighted by Crippen LogP contribution is 2.18. The average molecular weight is 576 g/mol. The molecule has 9 N–H and O–H groups in total. The Morgan fingerprint density at radius 3 is 2.20 bits per heavy atom. The molecule has 41 heavy (non-hydrogen) atoms. The van der Waals surface area contributed by atoms with Crippen LogP contribution < -0.4 is 32.7 Å². The van der Waals surface area contributed by atoms with Gasteiger partial charge >= 0.3 is 0 Å². The summed E-state index contributed by atoms with van der Waals surface area (Å²) in [6, 6.07) is 2.59. The smallest absolute Gasteiger partial charge is 0.243 e. The van der Waals surface area contributed by atoms with Gasteiger partial charge in [0, 0.05) is 6.54 Å². The van der Waals surface area contributed by atoms with Gasteiger partial charge in [-0.05, 0) is 56.2 Å². The lowest BCUT2D eigenvalue weighted by atomic mass is 10.0. The van der Waals surface area contributed by atoms with Crippen LogP contribution in [-0.2, 0) is 35.2 Å². The summed E-state index contributed by atoms with van der Waals surface area (Å²) in [6.45, 7) is 4.75. The summed E-state index contributed by atoms with van der Waals surface area (Å²) in [5.41, 5.74) is 11.8. The summed E-state index contributed by atoms with van der Waals surface area (Å²) in [5, 5.41) is 19.4. The predicted molar refractivity (Wildman–Crippen MR) is 149 cm³/mol. The van der Waals surface area contributed by atoms with Gasteiger partial charge in [-0.25, -0.2) is 0 Å². The van der Waals surface area contributed by atoms with Gasteiger partial charge in [-0.2, -0.15) is 0 Å². The van der Waals surface area contributed by atoms with Gasteiger partial charge in [0.05, 0.1) is 19.1 Å². The number of aromatic hydroxyl groups is 1. The molecule has 1 aliphatic heterocycles. The van der Waals surface area contributed by atoms with Crippen LogP contribution in [-0.4, -0.2) is 89.3 Å². The first-order valence-corrected chi connectivity index (χ1v) is 13.6. The number of amides is 6. The number of phenolic OH excluding ortho intramolecular Hbond substituents is 1. The Hall–Kier alpha value is -4.20. The van der Waals surface area contributed by atoms with Gasteiger partial charge in [-0.15, -0.1) is 0 Å². The Morgan fingerprint density at radius 2 is 1.59 bits per heavy atom.